The maximum Gasteiger partial charge on any atom is 0.134 e. The van der Waals surface area contributed by atoms with E-state index in [2.05, 4.69) is 5.32 Å². The molecule has 1 N–H and O–H groups in total. The number of halogens is 3. The minimum atomic E-state index is 0.436. The summed E-state index contributed by atoms with van der Waals surface area (Å²) in [7, 11) is 0. The van der Waals surface area contributed by atoms with E-state index in [0.29, 0.717) is 21.6 Å². The highest BCUT2D eigenvalue weighted by Crippen LogP contribution is 2.32. The lowest BCUT2D eigenvalue weighted by atomic mass is 10.2. The first-order valence-corrected chi connectivity index (χ1v) is 7.13. The van der Waals surface area contributed by atoms with Gasteiger partial charge in [0.15, 0.2) is 0 Å². The lowest BCUT2D eigenvalue weighted by Gasteiger charge is -2.08. The fraction of sp³-hybridized carbons (Fsp3) is 0.0667. The molecule has 0 amide bonds. The Balaban J connectivity index is 1.81. The van der Waals surface area contributed by atoms with Crippen LogP contribution in [0.1, 0.15) is 5.76 Å². The number of anilines is 1. The molecule has 3 aromatic rings. The second kappa shape index (κ2) is 5.57. The predicted octanol–water partition coefficient (Wildman–Crippen LogP) is 6.01. The van der Waals surface area contributed by atoms with Gasteiger partial charge >= 0.3 is 0 Å². The van der Waals surface area contributed by atoms with Crippen LogP contribution in [0.2, 0.25) is 15.1 Å². The first-order valence-electron chi connectivity index (χ1n) is 5.99. The van der Waals surface area contributed by atoms with Crippen LogP contribution < -0.4 is 5.32 Å². The number of furan rings is 1. The standard InChI is InChI=1S/C15H10Cl3NO/c16-11-6-13(18)14(7-12(11)17)19-8-10-5-9-3-1-2-4-15(9)20-10/h1-7,19H,8H2. The molecule has 0 spiro atoms. The summed E-state index contributed by atoms with van der Waals surface area (Å²) in [6, 6.07) is 13.2. The Kier molecular flexibility index (Phi) is 3.79. The van der Waals surface area contributed by atoms with Gasteiger partial charge in [0.2, 0.25) is 0 Å². The minimum Gasteiger partial charge on any atom is -0.459 e. The predicted molar refractivity (Wildman–Crippen MR) is 85.0 cm³/mol. The van der Waals surface area contributed by atoms with E-state index >= 15 is 0 Å². The number of nitrogens with one attached hydrogen (secondary N) is 1. The van der Waals surface area contributed by atoms with Crippen molar-refractivity contribution < 1.29 is 4.42 Å². The molecule has 0 aliphatic rings. The van der Waals surface area contributed by atoms with E-state index < -0.39 is 0 Å². The molecule has 102 valence electrons. The highest BCUT2D eigenvalue weighted by atomic mass is 35.5. The molecule has 1 heterocycles. The third kappa shape index (κ3) is 2.73. The maximum atomic E-state index is 6.11. The summed E-state index contributed by atoms with van der Waals surface area (Å²) in [6.07, 6.45) is 0. The molecule has 1 aromatic heterocycles. The van der Waals surface area contributed by atoms with Crippen molar-refractivity contribution in [3.05, 3.63) is 63.3 Å². The van der Waals surface area contributed by atoms with Gasteiger partial charge in [-0.15, -0.1) is 0 Å². The molecule has 0 saturated heterocycles. The summed E-state index contributed by atoms with van der Waals surface area (Å²) < 4.78 is 5.72. The fourth-order valence-electron chi connectivity index (χ4n) is 1.96. The largest absolute Gasteiger partial charge is 0.459 e. The van der Waals surface area contributed by atoms with Crippen molar-refractivity contribution in [3.63, 3.8) is 0 Å². The van der Waals surface area contributed by atoms with Crippen molar-refractivity contribution >= 4 is 51.5 Å². The summed E-state index contributed by atoms with van der Waals surface area (Å²) in [5.41, 5.74) is 1.59. The molecule has 0 aliphatic heterocycles. The average molecular weight is 327 g/mol. The lowest BCUT2D eigenvalue weighted by molar-refractivity contribution is 0.559. The van der Waals surface area contributed by atoms with Gasteiger partial charge in [-0.1, -0.05) is 53.0 Å². The van der Waals surface area contributed by atoms with E-state index in [1.165, 1.54) is 0 Å². The van der Waals surface area contributed by atoms with Crippen molar-refractivity contribution in [2.24, 2.45) is 0 Å². The number of rotatable bonds is 3. The normalized spacial score (nSPS) is 10.9. The van der Waals surface area contributed by atoms with Gasteiger partial charge < -0.3 is 9.73 Å². The van der Waals surface area contributed by atoms with E-state index in [9.17, 15) is 0 Å². The molecule has 3 rings (SSSR count). The Hall–Kier alpha value is -1.35. The van der Waals surface area contributed by atoms with E-state index in [0.717, 1.165) is 22.4 Å². The second-order valence-corrected chi connectivity index (χ2v) is 5.57. The van der Waals surface area contributed by atoms with E-state index in [1.54, 1.807) is 12.1 Å². The summed E-state index contributed by atoms with van der Waals surface area (Å²) in [6.45, 7) is 0.520. The van der Waals surface area contributed by atoms with E-state index in [1.807, 2.05) is 30.3 Å². The first-order chi connectivity index (χ1) is 9.63. The number of hydrogen-bond donors (Lipinski definition) is 1. The van der Waals surface area contributed by atoms with Crippen molar-refractivity contribution in [2.45, 2.75) is 6.54 Å². The highest BCUT2D eigenvalue weighted by molar-refractivity contribution is 6.44. The molecule has 2 aromatic carbocycles. The van der Waals surface area contributed by atoms with Crippen molar-refractivity contribution in [2.75, 3.05) is 5.32 Å². The van der Waals surface area contributed by atoms with Crippen molar-refractivity contribution in [3.8, 4) is 0 Å². The minimum absolute atomic E-state index is 0.436. The summed E-state index contributed by atoms with van der Waals surface area (Å²) in [5.74, 6) is 0.827. The first kappa shape index (κ1) is 13.6. The zero-order valence-corrected chi connectivity index (χ0v) is 12.6. The fourth-order valence-corrected chi connectivity index (χ4v) is 2.58. The van der Waals surface area contributed by atoms with Crippen LogP contribution in [0.5, 0.6) is 0 Å². The Morgan fingerprint density at radius 3 is 2.45 bits per heavy atom. The molecule has 0 unspecified atom stereocenters. The number of benzene rings is 2. The van der Waals surface area contributed by atoms with Gasteiger partial charge in [-0.3, -0.25) is 0 Å². The van der Waals surface area contributed by atoms with Crippen LogP contribution in [0.3, 0.4) is 0 Å². The molecule has 0 radical (unpaired) electrons. The number of para-hydroxylation sites is 1. The Labute approximate surface area is 131 Å². The average Bonchev–Trinajstić information content (AvgIpc) is 2.84. The molecule has 0 atom stereocenters. The zero-order chi connectivity index (χ0) is 14.1. The monoisotopic (exact) mass is 325 g/mol. The van der Waals surface area contributed by atoms with Crippen LogP contribution >= 0.6 is 34.8 Å². The van der Waals surface area contributed by atoms with Crippen LogP contribution in [-0.4, -0.2) is 0 Å². The molecule has 2 nitrogen and oxygen atoms in total. The van der Waals surface area contributed by atoms with E-state index in [4.69, 9.17) is 39.2 Å². The number of fused-ring (bicyclic) bond motifs is 1. The Bertz CT molecular complexity index is 734. The SMILES string of the molecule is Clc1cc(Cl)c(NCc2cc3ccccc3o2)cc1Cl. The van der Waals surface area contributed by atoms with Gasteiger partial charge in [-0.2, -0.15) is 0 Å². The Morgan fingerprint density at radius 2 is 1.65 bits per heavy atom. The topological polar surface area (TPSA) is 25.2 Å². The van der Waals surface area contributed by atoms with Crippen LogP contribution in [0, 0.1) is 0 Å². The molecule has 0 fully saturated rings. The third-order valence-corrected chi connectivity index (χ3v) is 3.97. The molecule has 0 saturated carbocycles. The maximum absolute atomic E-state index is 6.11. The molecular formula is C15H10Cl3NO. The van der Waals surface area contributed by atoms with Crippen LogP contribution in [0.25, 0.3) is 11.0 Å². The Morgan fingerprint density at radius 1 is 0.900 bits per heavy atom. The van der Waals surface area contributed by atoms with Gasteiger partial charge in [0.25, 0.3) is 0 Å². The van der Waals surface area contributed by atoms with Gasteiger partial charge in [-0.25, -0.2) is 0 Å². The summed E-state index contributed by atoms with van der Waals surface area (Å²) in [4.78, 5) is 0. The quantitative estimate of drug-likeness (QED) is 0.597. The van der Waals surface area contributed by atoms with Gasteiger partial charge in [0, 0.05) is 5.39 Å². The molecule has 0 aliphatic carbocycles. The summed E-state index contributed by atoms with van der Waals surface area (Å²) >= 11 is 18.0. The molecule has 20 heavy (non-hydrogen) atoms. The van der Waals surface area contributed by atoms with Crippen LogP contribution in [-0.2, 0) is 6.54 Å². The molecule has 0 bridgehead atoms. The molecule has 5 heteroatoms. The van der Waals surface area contributed by atoms with Crippen molar-refractivity contribution in [1.82, 2.24) is 0 Å². The second-order valence-electron chi connectivity index (χ2n) is 4.35. The lowest BCUT2D eigenvalue weighted by Crippen LogP contribution is -1.98. The van der Waals surface area contributed by atoms with Crippen molar-refractivity contribution in [1.29, 1.82) is 0 Å². The molecular weight excluding hydrogens is 317 g/mol. The van der Waals surface area contributed by atoms with Gasteiger partial charge in [0.05, 0.1) is 27.3 Å². The van der Waals surface area contributed by atoms with E-state index in [-0.39, 0.29) is 0 Å². The van der Waals surface area contributed by atoms with Gasteiger partial charge in [-0.05, 0) is 24.3 Å². The smallest absolute Gasteiger partial charge is 0.134 e. The van der Waals surface area contributed by atoms with Crippen LogP contribution in [0.15, 0.2) is 46.9 Å². The van der Waals surface area contributed by atoms with Gasteiger partial charge in [0.1, 0.15) is 11.3 Å². The highest BCUT2D eigenvalue weighted by Gasteiger charge is 2.07. The third-order valence-electron chi connectivity index (χ3n) is 2.94. The van der Waals surface area contributed by atoms with Crippen LogP contribution in [0.4, 0.5) is 5.69 Å². The number of hydrogen-bond acceptors (Lipinski definition) is 2. The summed E-state index contributed by atoms with van der Waals surface area (Å²) in [5, 5.41) is 5.68. The zero-order valence-electron chi connectivity index (χ0n) is 10.3.